The van der Waals surface area contributed by atoms with Crippen molar-refractivity contribution in [3.05, 3.63) is 53.8 Å². The van der Waals surface area contributed by atoms with Crippen molar-refractivity contribution in [2.24, 2.45) is 0 Å². The van der Waals surface area contributed by atoms with E-state index in [-0.39, 0.29) is 12.4 Å². The lowest BCUT2D eigenvalue weighted by Gasteiger charge is -2.25. The molecule has 0 aromatic heterocycles. The Bertz CT molecular complexity index is 735. The van der Waals surface area contributed by atoms with Gasteiger partial charge in [0, 0.05) is 0 Å². The number of carbonyl (C=O) groups is 1. The number of ether oxygens (including phenoxy) is 2. The second kappa shape index (κ2) is 8.06. The molecule has 6 nitrogen and oxygen atoms in total. The van der Waals surface area contributed by atoms with Crippen LogP contribution in [-0.4, -0.2) is 35.5 Å². The molecule has 2 aromatic rings. The van der Waals surface area contributed by atoms with Gasteiger partial charge in [-0.3, -0.25) is 10.0 Å². The molecule has 0 aliphatic carbocycles. The fourth-order valence-corrected chi connectivity index (χ4v) is 2.18. The second-order valence-electron chi connectivity index (χ2n) is 5.66. The second-order valence-corrected chi connectivity index (χ2v) is 5.66. The minimum absolute atomic E-state index is 0.0573. The van der Waals surface area contributed by atoms with Gasteiger partial charge in [0.15, 0.2) is 17.2 Å². The van der Waals surface area contributed by atoms with Gasteiger partial charge in [-0.05, 0) is 35.7 Å². The molecule has 0 saturated heterocycles. The number of carbonyl (C=O) groups excluding carboxylic acids is 1. The number of amides is 1. The molecule has 0 aliphatic rings. The first-order valence-corrected chi connectivity index (χ1v) is 7.55. The van der Waals surface area contributed by atoms with Crippen LogP contribution < -0.4 is 10.2 Å². The molecule has 3 N–H and O–H groups in total. The van der Waals surface area contributed by atoms with Gasteiger partial charge in [0.25, 0.3) is 5.91 Å². The van der Waals surface area contributed by atoms with Gasteiger partial charge in [0.05, 0.1) is 20.3 Å². The Balaban J connectivity index is 2.10. The third-order valence-electron chi connectivity index (χ3n) is 3.88. The van der Waals surface area contributed by atoms with Gasteiger partial charge < -0.3 is 14.6 Å². The van der Waals surface area contributed by atoms with E-state index in [1.54, 1.807) is 36.4 Å². The molecular formula is C18H20FNO5. The number of halogens is 1. The Kier molecular flexibility index (Phi) is 6.08. The number of nitrogens with one attached hydrogen (secondary N) is 1. The van der Waals surface area contributed by atoms with Crippen LogP contribution >= 0.6 is 0 Å². The van der Waals surface area contributed by atoms with Crippen LogP contribution in [0.5, 0.6) is 5.75 Å². The van der Waals surface area contributed by atoms with E-state index in [0.717, 1.165) is 11.1 Å². The Hall–Kier alpha value is -2.48. The predicted molar refractivity (Wildman–Crippen MR) is 88.6 cm³/mol. The average molecular weight is 349 g/mol. The van der Waals surface area contributed by atoms with Crippen molar-refractivity contribution in [3.63, 3.8) is 0 Å². The van der Waals surface area contributed by atoms with Crippen molar-refractivity contribution in [1.82, 2.24) is 5.48 Å². The number of methoxy groups -OCH3 is 1. The lowest BCUT2D eigenvalue weighted by molar-refractivity contribution is -0.161. The van der Waals surface area contributed by atoms with Crippen LogP contribution in [0.25, 0.3) is 11.1 Å². The molecule has 0 spiro atoms. The molecule has 2 rings (SSSR count). The first kappa shape index (κ1) is 18.9. The summed E-state index contributed by atoms with van der Waals surface area (Å²) in [5.41, 5.74) is 2.18. The molecule has 0 saturated carbocycles. The van der Waals surface area contributed by atoms with E-state index in [0.29, 0.717) is 5.56 Å². The number of hydrogen-bond acceptors (Lipinski definition) is 5. The number of rotatable bonds is 7. The monoisotopic (exact) mass is 349 g/mol. The summed E-state index contributed by atoms with van der Waals surface area (Å²) in [5, 5.41) is 18.0. The quantitative estimate of drug-likeness (QED) is 0.527. The number of hydrogen-bond donors (Lipinski definition) is 3. The Morgan fingerprint density at radius 3 is 2.36 bits per heavy atom. The summed E-state index contributed by atoms with van der Waals surface area (Å²) in [7, 11) is 1.41. The SMILES string of the molecule is COc1ccc(-c2ccc(COC(C)(CO)C(=O)NO)cc2)cc1F. The van der Waals surface area contributed by atoms with Crippen LogP contribution in [0.1, 0.15) is 12.5 Å². The molecule has 1 amide bonds. The fourth-order valence-electron chi connectivity index (χ4n) is 2.18. The van der Waals surface area contributed by atoms with E-state index in [9.17, 15) is 14.3 Å². The topological polar surface area (TPSA) is 88.0 Å². The van der Waals surface area contributed by atoms with Crippen molar-refractivity contribution in [3.8, 4) is 16.9 Å². The van der Waals surface area contributed by atoms with Crippen LogP contribution in [0.15, 0.2) is 42.5 Å². The summed E-state index contributed by atoms with van der Waals surface area (Å²) in [4.78, 5) is 11.5. The fraction of sp³-hybridized carbons (Fsp3) is 0.278. The van der Waals surface area contributed by atoms with Crippen LogP contribution in [0.4, 0.5) is 4.39 Å². The first-order valence-electron chi connectivity index (χ1n) is 7.55. The third kappa shape index (κ3) is 4.33. The standard InChI is InChI=1S/C18H20FNO5/c1-18(11-21,17(22)20-23)25-10-12-3-5-13(6-4-12)14-7-8-16(24-2)15(19)9-14/h3-9,21,23H,10-11H2,1-2H3,(H,20,22). The Morgan fingerprint density at radius 2 is 1.84 bits per heavy atom. The zero-order valence-electron chi connectivity index (χ0n) is 14.0. The first-order chi connectivity index (χ1) is 11.9. The minimum atomic E-state index is -1.55. The molecule has 2 aromatic carbocycles. The molecule has 0 fully saturated rings. The van der Waals surface area contributed by atoms with Gasteiger partial charge in [0.2, 0.25) is 0 Å². The van der Waals surface area contributed by atoms with Gasteiger partial charge in [-0.1, -0.05) is 30.3 Å². The summed E-state index contributed by atoms with van der Waals surface area (Å²) in [6.45, 7) is 0.845. The highest BCUT2D eigenvalue weighted by Crippen LogP contribution is 2.26. The maximum atomic E-state index is 13.8. The highest BCUT2D eigenvalue weighted by Gasteiger charge is 2.33. The van der Waals surface area contributed by atoms with Crippen molar-refractivity contribution >= 4 is 5.91 Å². The molecule has 0 heterocycles. The highest BCUT2D eigenvalue weighted by atomic mass is 19.1. The molecule has 0 bridgehead atoms. The zero-order chi connectivity index (χ0) is 18.4. The summed E-state index contributed by atoms with van der Waals surface area (Å²) in [6.07, 6.45) is 0. The number of aliphatic hydroxyl groups is 1. The molecule has 0 aliphatic heterocycles. The van der Waals surface area contributed by atoms with Crippen molar-refractivity contribution in [1.29, 1.82) is 0 Å². The largest absolute Gasteiger partial charge is 0.494 e. The molecule has 0 radical (unpaired) electrons. The molecule has 1 atom stereocenters. The van der Waals surface area contributed by atoms with Gasteiger partial charge in [0.1, 0.15) is 0 Å². The van der Waals surface area contributed by atoms with Gasteiger partial charge in [-0.2, -0.15) is 0 Å². The van der Waals surface area contributed by atoms with E-state index in [1.165, 1.54) is 25.6 Å². The molecule has 1 unspecified atom stereocenters. The van der Waals surface area contributed by atoms with Crippen LogP contribution in [0, 0.1) is 5.82 Å². The lowest BCUT2D eigenvalue weighted by atomic mass is 10.0. The van der Waals surface area contributed by atoms with Crippen LogP contribution in [-0.2, 0) is 16.1 Å². The van der Waals surface area contributed by atoms with E-state index >= 15 is 0 Å². The Labute approximate surface area is 144 Å². The average Bonchev–Trinajstić information content (AvgIpc) is 2.65. The number of hydroxylamine groups is 1. The zero-order valence-corrected chi connectivity index (χ0v) is 14.0. The summed E-state index contributed by atoms with van der Waals surface area (Å²) in [6, 6.07) is 11.8. The van der Waals surface area contributed by atoms with Gasteiger partial charge in [-0.25, -0.2) is 9.87 Å². The van der Waals surface area contributed by atoms with Gasteiger partial charge in [-0.15, -0.1) is 0 Å². The van der Waals surface area contributed by atoms with Crippen molar-refractivity contribution in [2.45, 2.75) is 19.1 Å². The predicted octanol–water partition coefficient (Wildman–Crippen LogP) is 2.27. The summed E-state index contributed by atoms with van der Waals surface area (Å²) in [5.74, 6) is -1.10. The van der Waals surface area contributed by atoms with Gasteiger partial charge >= 0.3 is 0 Å². The van der Waals surface area contributed by atoms with Crippen molar-refractivity contribution in [2.75, 3.05) is 13.7 Å². The normalized spacial score (nSPS) is 13.2. The molecular weight excluding hydrogens is 329 g/mol. The maximum Gasteiger partial charge on any atom is 0.277 e. The van der Waals surface area contributed by atoms with Crippen LogP contribution in [0.2, 0.25) is 0 Å². The lowest BCUT2D eigenvalue weighted by Crippen LogP contribution is -2.48. The molecule has 134 valence electrons. The summed E-state index contributed by atoms with van der Waals surface area (Å²) < 4.78 is 24.1. The Morgan fingerprint density at radius 1 is 1.20 bits per heavy atom. The third-order valence-corrected chi connectivity index (χ3v) is 3.88. The number of benzene rings is 2. The van der Waals surface area contributed by atoms with E-state index in [4.69, 9.17) is 14.7 Å². The van der Waals surface area contributed by atoms with E-state index in [2.05, 4.69) is 0 Å². The minimum Gasteiger partial charge on any atom is -0.494 e. The number of aliphatic hydroxyl groups excluding tert-OH is 1. The summed E-state index contributed by atoms with van der Waals surface area (Å²) >= 11 is 0. The molecule has 25 heavy (non-hydrogen) atoms. The smallest absolute Gasteiger partial charge is 0.277 e. The maximum absolute atomic E-state index is 13.8. The van der Waals surface area contributed by atoms with Crippen LogP contribution in [0.3, 0.4) is 0 Å². The van der Waals surface area contributed by atoms with Crippen molar-refractivity contribution < 1.29 is 29.0 Å². The molecule has 7 heteroatoms. The van der Waals surface area contributed by atoms with E-state index < -0.39 is 23.9 Å². The van der Waals surface area contributed by atoms with E-state index in [1.807, 2.05) is 0 Å². The highest BCUT2D eigenvalue weighted by molar-refractivity contribution is 5.83.